The van der Waals surface area contributed by atoms with E-state index in [9.17, 15) is 13.2 Å². The molecule has 3 heteroatoms. The van der Waals surface area contributed by atoms with Crippen molar-refractivity contribution in [3.8, 4) is 0 Å². The predicted molar refractivity (Wildman–Crippen MR) is 49.5 cm³/mol. The minimum atomic E-state index is -1.13. The Morgan fingerprint density at radius 2 is 1.64 bits per heavy atom. The summed E-state index contributed by atoms with van der Waals surface area (Å²) in [6, 6.07) is 1.55. The Kier molecular flexibility index (Phi) is 3.55. The second-order valence-corrected chi connectivity index (χ2v) is 3.58. The molecule has 0 aromatic heterocycles. The van der Waals surface area contributed by atoms with Gasteiger partial charge in [-0.15, -0.1) is 0 Å². The van der Waals surface area contributed by atoms with Crippen molar-refractivity contribution >= 4 is 0 Å². The second-order valence-electron chi connectivity index (χ2n) is 3.58. The van der Waals surface area contributed by atoms with Crippen molar-refractivity contribution in [2.24, 2.45) is 5.92 Å². The van der Waals surface area contributed by atoms with Crippen LogP contribution in [0.4, 0.5) is 13.2 Å². The van der Waals surface area contributed by atoms with Crippen LogP contribution in [0.15, 0.2) is 12.1 Å². The van der Waals surface area contributed by atoms with Crippen LogP contribution in [0.2, 0.25) is 0 Å². The first-order valence-electron chi connectivity index (χ1n) is 4.68. The number of hydrogen-bond acceptors (Lipinski definition) is 0. The van der Waals surface area contributed by atoms with Crippen molar-refractivity contribution in [3.63, 3.8) is 0 Å². The van der Waals surface area contributed by atoms with Gasteiger partial charge in [0.25, 0.3) is 0 Å². The molecule has 78 valence electrons. The molecule has 0 bridgehead atoms. The molecule has 0 heterocycles. The van der Waals surface area contributed by atoms with Crippen LogP contribution in [-0.4, -0.2) is 0 Å². The van der Waals surface area contributed by atoms with Gasteiger partial charge in [-0.2, -0.15) is 0 Å². The highest BCUT2D eigenvalue weighted by Crippen LogP contribution is 2.18. The fourth-order valence-corrected chi connectivity index (χ4v) is 1.24. The minimum Gasteiger partial charge on any atom is -0.207 e. The average Bonchev–Trinajstić information content (AvgIpc) is 2.14. The Balaban J connectivity index is 2.92. The van der Waals surface area contributed by atoms with Crippen LogP contribution < -0.4 is 0 Å². The maximum absolute atomic E-state index is 13.1. The summed E-state index contributed by atoms with van der Waals surface area (Å²) in [5.74, 6) is -2.50. The topological polar surface area (TPSA) is 0 Å². The van der Waals surface area contributed by atoms with Gasteiger partial charge in [-0.1, -0.05) is 20.3 Å². The zero-order chi connectivity index (χ0) is 10.7. The maximum Gasteiger partial charge on any atom is 0.161 e. The lowest BCUT2D eigenvalue weighted by Gasteiger charge is -2.09. The molecule has 0 aliphatic carbocycles. The van der Waals surface area contributed by atoms with Gasteiger partial charge in [0.05, 0.1) is 0 Å². The van der Waals surface area contributed by atoms with Gasteiger partial charge in [0, 0.05) is 6.07 Å². The van der Waals surface area contributed by atoms with Crippen molar-refractivity contribution < 1.29 is 13.2 Å². The molecule has 0 nitrogen and oxygen atoms in total. The fraction of sp³-hybridized carbons (Fsp3) is 0.455. The zero-order valence-corrected chi connectivity index (χ0v) is 8.28. The quantitative estimate of drug-likeness (QED) is 0.656. The largest absolute Gasteiger partial charge is 0.207 e. The standard InChI is InChI=1S/C11H13F3/c1-3-7(2)4-8-5-10(13)11(14)6-9(8)12/h5-7H,3-4H2,1-2H3. The first kappa shape index (κ1) is 11.1. The summed E-state index contributed by atoms with van der Waals surface area (Å²) in [5, 5.41) is 0. The molecule has 0 amide bonds. The second kappa shape index (κ2) is 4.49. The molecule has 0 saturated carbocycles. The highest BCUT2D eigenvalue weighted by atomic mass is 19.2. The van der Waals surface area contributed by atoms with E-state index < -0.39 is 17.5 Å². The zero-order valence-electron chi connectivity index (χ0n) is 8.28. The van der Waals surface area contributed by atoms with Gasteiger partial charge in [0.1, 0.15) is 5.82 Å². The number of halogens is 3. The van der Waals surface area contributed by atoms with E-state index in [2.05, 4.69) is 0 Å². The van der Waals surface area contributed by atoms with Gasteiger partial charge in [0.2, 0.25) is 0 Å². The first-order chi connectivity index (χ1) is 6.54. The molecule has 0 radical (unpaired) electrons. The van der Waals surface area contributed by atoms with Gasteiger partial charge in [-0.25, -0.2) is 13.2 Å². The molecule has 0 fully saturated rings. The van der Waals surface area contributed by atoms with Crippen LogP contribution in [0.5, 0.6) is 0 Å². The molecule has 0 aliphatic rings. The van der Waals surface area contributed by atoms with E-state index in [1.807, 2.05) is 13.8 Å². The van der Waals surface area contributed by atoms with E-state index in [0.29, 0.717) is 12.5 Å². The SMILES string of the molecule is CCC(C)Cc1cc(F)c(F)cc1F. The molecular formula is C11H13F3. The van der Waals surface area contributed by atoms with Gasteiger partial charge >= 0.3 is 0 Å². The summed E-state index contributed by atoms with van der Waals surface area (Å²) in [4.78, 5) is 0. The monoisotopic (exact) mass is 202 g/mol. The summed E-state index contributed by atoms with van der Waals surface area (Å²) in [6.07, 6.45) is 1.33. The van der Waals surface area contributed by atoms with Crippen molar-refractivity contribution in [2.45, 2.75) is 26.7 Å². The van der Waals surface area contributed by atoms with E-state index >= 15 is 0 Å². The lowest BCUT2D eigenvalue weighted by Crippen LogP contribution is -2.02. The fourth-order valence-electron chi connectivity index (χ4n) is 1.24. The molecule has 0 N–H and O–H groups in total. The van der Waals surface area contributed by atoms with Crippen LogP contribution in [0.25, 0.3) is 0 Å². The molecule has 1 unspecified atom stereocenters. The van der Waals surface area contributed by atoms with Crippen molar-refractivity contribution in [1.82, 2.24) is 0 Å². The summed E-state index contributed by atoms with van der Waals surface area (Å²) >= 11 is 0. The van der Waals surface area contributed by atoms with Gasteiger partial charge in [-0.3, -0.25) is 0 Å². The predicted octanol–water partition coefficient (Wildman–Crippen LogP) is 3.69. The average molecular weight is 202 g/mol. The summed E-state index contributed by atoms with van der Waals surface area (Å²) in [7, 11) is 0. The van der Waals surface area contributed by atoms with E-state index in [4.69, 9.17) is 0 Å². The lowest BCUT2D eigenvalue weighted by molar-refractivity contribution is 0.479. The Labute approximate surface area is 81.8 Å². The molecule has 0 saturated heterocycles. The van der Waals surface area contributed by atoms with Gasteiger partial charge in [0.15, 0.2) is 11.6 Å². The van der Waals surface area contributed by atoms with Crippen LogP contribution in [-0.2, 0) is 6.42 Å². The van der Waals surface area contributed by atoms with Crippen molar-refractivity contribution in [3.05, 3.63) is 35.1 Å². The molecule has 1 atom stereocenters. The minimum absolute atomic E-state index is 0.248. The third-order valence-corrected chi connectivity index (χ3v) is 2.35. The normalized spacial score (nSPS) is 12.9. The molecule has 14 heavy (non-hydrogen) atoms. The van der Waals surface area contributed by atoms with Crippen LogP contribution in [0.3, 0.4) is 0 Å². The third kappa shape index (κ3) is 2.50. The van der Waals surface area contributed by atoms with Crippen LogP contribution in [0.1, 0.15) is 25.8 Å². The number of benzene rings is 1. The summed E-state index contributed by atoms with van der Waals surface area (Å²) in [6.45, 7) is 3.92. The van der Waals surface area contributed by atoms with Crippen LogP contribution >= 0.6 is 0 Å². The Hall–Kier alpha value is -0.990. The lowest BCUT2D eigenvalue weighted by atomic mass is 9.98. The molecule has 1 aromatic rings. The summed E-state index contributed by atoms with van der Waals surface area (Å²) < 4.78 is 38.5. The molecule has 1 rings (SSSR count). The van der Waals surface area contributed by atoms with Crippen LogP contribution in [0, 0.1) is 23.4 Å². The first-order valence-corrected chi connectivity index (χ1v) is 4.68. The highest BCUT2D eigenvalue weighted by molar-refractivity contribution is 5.20. The Morgan fingerprint density at radius 3 is 2.21 bits per heavy atom. The van der Waals surface area contributed by atoms with Gasteiger partial charge < -0.3 is 0 Å². The van der Waals surface area contributed by atoms with E-state index in [1.165, 1.54) is 0 Å². The van der Waals surface area contributed by atoms with Gasteiger partial charge in [-0.05, 0) is 24.0 Å². The van der Waals surface area contributed by atoms with E-state index in [1.54, 1.807) is 0 Å². The summed E-state index contributed by atoms with van der Waals surface area (Å²) in [5.41, 5.74) is 0.248. The van der Waals surface area contributed by atoms with E-state index in [-0.39, 0.29) is 11.5 Å². The smallest absolute Gasteiger partial charge is 0.161 e. The molecule has 1 aromatic carbocycles. The Bertz CT molecular complexity index is 321. The number of hydrogen-bond donors (Lipinski definition) is 0. The molecule has 0 aliphatic heterocycles. The Morgan fingerprint density at radius 1 is 1.07 bits per heavy atom. The van der Waals surface area contributed by atoms with Crippen molar-refractivity contribution in [2.75, 3.05) is 0 Å². The maximum atomic E-state index is 13.1. The number of rotatable bonds is 3. The van der Waals surface area contributed by atoms with Crippen molar-refractivity contribution in [1.29, 1.82) is 0 Å². The third-order valence-electron chi connectivity index (χ3n) is 2.35. The molecule has 0 spiro atoms. The highest BCUT2D eigenvalue weighted by Gasteiger charge is 2.11. The van der Waals surface area contributed by atoms with E-state index in [0.717, 1.165) is 12.5 Å². The molecular weight excluding hydrogens is 189 g/mol.